The maximum atomic E-state index is 12.3. The number of benzene rings is 1. The van der Waals surface area contributed by atoms with Gasteiger partial charge in [-0.25, -0.2) is 0 Å². The molecule has 0 spiro atoms. The molecule has 1 amide bonds. The van der Waals surface area contributed by atoms with Gasteiger partial charge in [-0.05, 0) is 31.0 Å². The third kappa shape index (κ3) is 2.38. The van der Waals surface area contributed by atoms with E-state index in [-0.39, 0.29) is 18.1 Å². The first kappa shape index (κ1) is 14.8. The van der Waals surface area contributed by atoms with Gasteiger partial charge in [0, 0.05) is 17.7 Å². The summed E-state index contributed by atoms with van der Waals surface area (Å²) >= 11 is 0. The third-order valence-electron chi connectivity index (χ3n) is 5.25. The molecule has 25 heavy (non-hydrogen) atoms. The van der Waals surface area contributed by atoms with Crippen molar-refractivity contribution < 1.29 is 14.3 Å². The molecule has 3 aliphatic heterocycles. The van der Waals surface area contributed by atoms with E-state index in [0.29, 0.717) is 13.2 Å². The Bertz CT molecular complexity index is 818. The molecule has 2 fully saturated rings. The fourth-order valence-electron chi connectivity index (χ4n) is 4.05. The number of amides is 1. The number of H-pyrrole nitrogens is 1. The molecule has 130 valence electrons. The first-order valence-electron chi connectivity index (χ1n) is 8.81. The largest absolute Gasteiger partial charge is 0.486 e. The van der Waals surface area contributed by atoms with E-state index in [1.165, 1.54) is 0 Å². The van der Waals surface area contributed by atoms with Crippen LogP contribution in [-0.2, 0) is 4.79 Å². The molecule has 0 aliphatic carbocycles. The van der Waals surface area contributed by atoms with Gasteiger partial charge < -0.3 is 14.8 Å². The lowest BCUT2D eigenvalue weighted by molar-refractivity contribution is -0.122. The van der Waals surface area contributed by atoms with Crippen molar-refractivity contribution >= 4 is 5.91 Å². The van der Waals surface area contributed by atoms with Gasteiger partial charge in [0.2, 0.25) is 5.91 Å². The number of rotatable bonds is 2. The standard InChI is InChI=1S/C18H20N4O3/c23-18-13-3-1-2-6-22(13)17(20-18)12-10-19-21-16(12)11-4-5-14-15(9-11)25-8-7-24-14/h4-5,9-10,13,17H,1-3,6-8H2,(H,19,21)(H,20,23). The molecule has 0 bridgehead atoms. The molecular weight excluding hydrogens is 320 g/mol. The zero-order valence-corrected chi connectivity index (χ0v) is 13.8. The van der Waals surface area contributed by atoms with E-state index in [1.54, 1.807) is 0 Å². The lowest BCUT2D eigenvalue weighted by atomic mass is 10.0. The molecule has 7 heteroatoms. The van der Waals surface area contributed by atoms with Gasteiger partial charge >= 0.3 is 0 Å². The van der Waals surface area contributed by atoms with Crippen LogP contribution in [0.3, 0.4) is 0 Å². The van der Waals surface area contributed by atoms with E-state index < -0.39 is 0 Å². The molecule has 2 unspecified atom stereocenters. The molecule has 0 radical (unpaired) electrons. The summed E-state index contributed by atoms with van der Waals surface area (Å²) in [5.41, 5.74) is 2.88. The van der Waals surface area contributed by atoms with Crippen LogP contribution in [0.2, 0.25) is 0 Å². The molecule has 1 aromatic carbocycles. The minimum Gasteiger partial charge on any atom is -0.486 e. The van der Waals surface area contributed by atoms with Crippen LogP contribution in [0.4, 0.5) is 0 Å². The molecule has 7 nitrogen and oxygen atoms in total. The second kappa shape index (κ2) is 5.77. The number of aromatic amines is 1. The van der Waals surface area contributed by atoms with Crippen molar-refractivity contribution in [1.82, 2.24) is 20.4 Å². The normalized spacial score (nSPS) is 25.5. The highest BCUT2D eigenvalue weighted by molar-refractivity contribution is 5.85. The summed E-state index contributed by atoms with van der Waals surface area (Å²) in [5.74, 6) is 1.64. The van der Waals surface area contributed by atoms with Crippen molar-refractivity contribution in [2.24, 2.45) is 0 Å². The van der Waals surface area contributed by atoms with Crippen LogP contribution >= 0.6 is 0 Å². The van der Waals surface area contributed by atoms with Crippen LogP contribution in [0.1, 0.15) is 31.0 Å². The third-order valence-corrected chi connectivity index (χ3v) is 5.25. The average molecular weight is 340 g/mol. The molecular formula is C18H20N4O3. The monoisotopic (exact) mass is 340 g/mol. The second-order valence-corrected chi connectivity index (χ2v) is 6.72. The highest BCUT2D eigenvalue weighted by Gasteiger charge is 2.42. The predicted molar refractivity (Wildman–Crippen MR) is 90.2 cm³/mol. The second-order valence-electron chi connectivity index (χ2n) is 6.72. The van der Waals surface area contributed by atoms with Gasteiger partial charge in [-0.1, -0.05) is 6.42 Å². The van der Waals surface area contributed by atoms with Crippen molar-refractivity contribution in [3.05, 3.63) is 30.0 Å². The number of hydrogen-bond acceptors (Lipinski definition) is 5. The van der Waals surface area contributed by atoms with Crippen molar-refractivity contribution in [2.75, 3.05) is 19.8 Å². The Balaban J connectivity index is 1.51. The van der Waals surface area contributed by atoms with E-state index in [9.17, 15) is 4.79 Å². The first-order chi connectivity index (χ1) is 12.3. The smallest absolute Gasteiger partial charge is 0.238 e. The van der Waals surface area contributed by atoms with Crippen LogP contribution in [0, 0.1) is 0 Å². The fourth-order valence-corrected chi connectivity index (χ4v) is 4.05. The van der Waals surface area contributed by atoms with E-state index >= 15 is 0 Å². The quantitative estimate of drug-likeness (QED) is 0.872. The van der Waals surface area contributed by atoms with Crippen molar-refractivity contribution in [2.45, 2.75) is 31.5 Å². The van der Waals surface area contributed by atoms with Crippen LogP contribution in [0.25, 0.3) is 11.3 Å². The average Bonchev–Trinajstić information content (AvgIpc) is 3.26. The van der Waals surface area contributed by atoms with Crippen LogP contribution < -0.4 is 14.8 Å². The molecule has 5 rings (SSSR count). The predicted octanol–water partition coefficient (Wildman–Crippen LogP) is 1.83. The Labute approximate surface area is 145 Å². The molecule has 2 aromatic rings. The highest BCUT2D eigenvalue weighted by Crippen LogP contribution is 2.39. The number of ether oxygens (including phenoxy) is 2. The Morgan fingerprint density at radius 3 is 2.96 bits per heavy atom. The zero-order valence-electron chi connectivity index (χ0n) is 13.8. The minimum absolute atomic E-state index is 0.0123. The Hall–Kier alpha value is -2.54. The zero-order chi connectivity index (χ0) is 16.8. The topological polar surface area (TPSA) is 79.5 Å². The van der Waals surface area contributed by atoms with Crippen LogP contribution in [0.15, 0.2) is 24.4 Å². The van der Waals surface area contributed by atoms with Gasteiger partial charge in [0.15, 0.2) is 11.5 Å². The maximum absolute atomic E-state index is 12.3. The number of carbonyl (C=O) groups is 1. The number of carbonyl (C=O) groups excluding carboxylic acids is 1. The van der Waals surface area contributed by atoms with Gasteiger partial charge in [0.25, 0.3) is 0 Å². The molecule has 0 saturated carbocycles. The minimum atomic E-state index is -0.125. The van der Waals surface area contributed by atoms with E-state index in [0.717, 1.165) is 54.1 Å². The molecule has 2 saturated heterocycles. The molecule has 4 heterocycles. The van der Waals surface area contributed by atoms with Crippen molar-refractivity contribution in [3.8, 4) is 22.8 Å². The summed E-state index contributed by atoms with van der Waals surface area (Å²) in [6.07, 6.45) is 4.86. The molecule has 1 aromatic heterocycles. The molecule has 2 atom stereocenters. The van der Waals surface area contributed by atoms with Crippen LogP contribution in [-0.4, -0.2) is 46.8 Å². The Kier molecular flexibility index (Phi) is 3.41. The number of piperidine rings is 1. The fraction of sp³-hybridized carbons (Fsp3) is 0.444. The van der Waals surface area contributed by atoms with Crippen molar-refractivity contribution in [1.29, 1.82) is 0 Å². The summed E-state index contributed by atoms with van der Waals surface area (Å²) in [5, 5.41) is 10.5. The molecule has 2 N–H and O–H groups in total. The number of nitrogens with one attached hydrogen (secondary N) is 2. The summed E-state index contributed by atoms with van der Waals surface area (Å²) in [6.45, 7) is 2.06. The van der Waals surface area contributed by atoms with Gasteiger partial charge in [0.05, 0.1) is 17.9 Å². The lowest BCUT2D eigenvalue weighted by Gasteiger charge is -2.31. The lowest BCUT2D eigenvalue weighted by Crippen LogP contribution is -2.38. The number of nitrogens with zero attached hydrogens (tertiary/aromatic N) is 2. The first-order valence-corrected chi connectivity index (χ1v) is 8.81. The van der Waals surface area contributed by atoms with Crippen molar-refractivity contribution in [3.63, 3.8) is 0 Å². The van der Waals surface area contributed by atoms with E-state index in [2.05, 4.69) is 20.4 Å². The summed E-state index contributed by atoms with van der Waals surface area (Å²) < 4.78 is 11.3. The number of fused-ring (bicyclic) bond motifs is 2. The van der Waals surface area contributed by atoms with Gasteiger partial charge in [-0.3, -0.25) is 14.8 Å². The van der Waals surface area contributed by atoms with Gasteiger partial charge in [0.1, 0.15) is 19.4 Å². The Morgan fingerprint density at radius 2 is 2.04 bits per heavy atom. The number of aromatic nitrogens is 2. The van der Waals surface area contributed by atoms with Crippen LogP contribution in [0.5, 0.6) is 11.5 Å². The summed E-state index contributed by atoms with van der Waals surface area (Å²) in [7, 11) is 0. The maximum Gasteiger partial charge on any atom is 0.238 e. The Morgan fingerprint density at radius 1 is 1.16 bits per heavy atom. The van der Waals surface area contributed by atoms with Gasteiger partial charge in [-0.2, -0.15) is 5.10 Å². The van der Waals surface area contributed by atoms with E-state index in [1.807, 2.05) is 24.4 Å². The van der Waals surface area contributed by atoms with Gasteiger partial charge in [-0.15, -0.1) is 0 Å². The number of hydrogen-bond donors (Lipinski definition) is 2. The summed E-state index contributed by atoms with van der Waals surface area (Å²) in [4.78, 5) is 14.6. The van der Waals surface area contributed by atoms with E-state index in [4.69, 9.17) is 9.47 Å². The summed E-state index contributed by atoms with van der Waals surface area (Å²) in [6, 6.07) is 5.87. The highest BCUT2D eigenvalue weighted by atomic mass is 16.6. The SMILES string of the molecule is O=C1NC(c2cn[nH]c2-c2ccc3c(c2)OCCO3)N2CCCCC12. The molecule has 3 aliphatic rings.